The van der Waals surface area contributed by atoms with Crippen LogP contribution in [0.4, 0.5) is 0 Å². The van der Waals surface area contributed by atoms with E-state index in [-0.39, 0.29) is 24.4 Å². The first-order valence-corrected chi connectivity index (χ1v) is 5.61. The van der Waals surface area contributed by atoms with Crippen molar-refractivity contribution in [1.29, 1.82) is 0 Å². The van der Waals surface area contributed by atoms with Gasteiger partial charge in [0.15, 0.2) is 0 Å². The molecule has 4 nitrogen and oxygen atoms in total. The highest BCUT2D eigenvalue weighted by atomic mass is 16.6. The third kappa shape index (κ3) is 2.13. The van der Waals surface area contributed by atoms with Crippen molar-refractivity contribution in [3.8, 4) is 0 Å². The van der Waals surface area contributed by atoms with Crippen molar-refractivity contribution in [1.82, 2.24) is 0 Å². The lowest BCUT2D eigenvalue weighted by molar-refractivity contribution is -0.147. The van der Waals surface area contributed by atoms with Crippen LogP contribution in [0.5, 0.6) is 0 Å². The standard InChI is InChI=1S/C11H16O4/c12-9-6-8(11(13)14)10(15-9)7-4-2-1-3-5-7/h7-8,10H,1-6H2,(H,13,14). The first kappa shape index (κ1) is 10.5. The van der Waals surface area contributed by atoms with E-state index >= 15 is 0 Å². The number of carbonyl (C=O) groups is 2. The number of hydrogen-bond acceptors (Lipinski definition) is 3. The number of esters is 1. The molecule has 2 rings (SSSR count). The van der Waals surface area contributed by atoms with Gasteiger partial charge in [-0.3, -0.25) is 9.59 Å². The molecule has 2 aliphatic rings. The van der Waals surface area contributed by atoms with Crippen LogP contribution in [0, 0.1) is 11.8 Å². The first-order valence-electron chi connectivity index (χ1n) is 5.61. The fourth-order valence-corrected chi connectivity index (χ4v) is 2.69. The van der Waals surface area contributed by atoms with Gasteiger partial charge in [0.05, 0.1) is 6.42 Å². The second-order valence-corrected chi connectivity index (χ2v) is 4.50. The van der Waals surface area contributed by atoms with Crippen LogP contribution in [0.1, 0.15) is 38.5 Å². The molecule has 1 saturated heterocycles. The van der Waals surface area contributed by atoms with Crippen LogP contribution in [0.3, 0.4) is 0 Å². The van der Waals surface area contributed by atoms with E-state index in [4.69, 9.17) is 9.84 Å². The molecular weight excluding hydrogens is 196 g/mol. The summed E-state index contributed by atoms with van der Waals surface area (Å²) >= 11 is 0. The van der Waals surface area contributed by atoms with Gasteiger partial charge in [-0.05, 0) is 18.8 Å². The summed E-state index contributed by atoms with van der Waals surface area (Å²) in [4.78, 5) is 22.1. The molecule has 2 fully saturated rings. The first-order chi connectivity index (χ1) is 7.18. The molecule has 1 saturated carbocycles. The summed E-state index contributed by atoms with van der Waals surface area (Å²) in [5, 5.41) is 9.00. The maximum Gasteiger partial charge on any atom is 0.310 e. The molecule has 1 heterocycles. The maximum absolute atomic E-state index is 11.1. The predicted molar refractivity (Wildman–Crippen MR) is 52.2 cm³/mol. The van der Waals surface area contributed by atoms with E-state index in [9.17, 15) is 9.59 Å². The molecule has 2 unspecified atom stereocenters. The molecule has 0 bridgehead atoms. The second kappa shape index (κ2) is 4.21. The van der Waals surface area contributed by atoms with E-state index in [1.165, 1.54) is 6.42 Å². The molecule has 0 radical (unpaired) electrons. The van der Waals surface area contributed by atoms with Gasteiger partial charge < -0.3 is 9.84 Å². The summed E-state index contributed by atoms with van der Waals surface area (Å²) in [5.74, 6) is -1.58. The Labute approximate surface area is 88.6 Å². The van der Waals surface area contributed by atoms with E-state index in [1.807, 2.05) is 0 Å². The SMILES string of the molecule is O=C1CC(C(=O)O)C(C2CCCCC2)O1. The number of carboxylic acids is 1. The van der Waals surface area contributed by atoms with Gasteiger partial charge in [-0.15, -0.1) is 0 Å². The van der Waals surface area contributed by atoms with Crippen molar-refractivity contribution >= 4 is 11.9 Å². The molecule has 1 aliphatic heterocycles. The van der Waals surface area contributed by atoms with Gasteiger partial charge in [0.1, 0.15) is 12.0 Å². The number of aliphatic carboxylic acids is 1. The fraction of sp³-hybridized carbons (Fsp3) is 0.818. The summed E-state index contributed by atoms with van der Waals surface area (Å²) in [6.45, 7) is 0. The lowest BCUT2D eigenvalue weighted by atomic mass is 9.80. The highest BCUT2D eigenvalue weighted by molar-refractivity contribution is 5.82. The third-order valence-corrected chi connectivity index (χ3v) is 3.48. The van der Waals surface area contributed by atoms with Crippen LogP contribution in [0.25, 0.3) is 0 Å². The molecular formula is C11H16O4. The topological polar surface area (TPSA) is 63.6 Å². The minimum Gasteiger partial charge on any atom is -0.481 e. The van der Waals surface area contributed by atoms with Crippen molar-refractivity contribution in [2.75, 3.05) is 0 Å². The minimum absolute atomic E-state index is 0.0521. The Bertz CT molecular complexity index is 268. The van der Waals surface area contributed by atoms with E-state index in [2.05, 4.69) is 0 Å². The average molecular weight is 212 g/mol. The molecule has 1 aliphatic carbocycles. The van der Waals surface area contributed by atoms with Crippen molar-refractivity contribution in [2.45, 2.75) is 44.6 Å². The monoisotopic (exact) mass is 212 g/mol. The Morgan fingerprint density at radius 2 is 1.93 bits per heavy atom. The number of rotatable bonds is 2. The molecule has 0 amide bonds. The van der Waals surface area contributed by atoms with Crippen molar-refractivity contribution in [3.63, 3.8) is 0 Å². The van der Waals surface area contributed by atoms with Gasteiger partial charge in [-0.2, -0.15) is 0 Å². The van der Waals surface area contributed by atoms with Crippen LogP contribution >= 0.6 is 0 Å². The molecule has 0 aromatic carbocycles. The molecule has 15 heavy (non-hydrogen) atoms. The Kier molecular flexibility index (Phi) is 2.93. The molecule has 2 atom stereocenters. The molecule has 1 N–H and O–H groups in total. The fourth-order valence-electron chi connectivity index (χ4n) is 2.69. The van der Waals surface area contributed by atoms with E-state index in [0.717, 1.165) is 25.7 Å². The molecule has 0 spiro atoms. The highest BCUT2D eigenvalue weighted by Gasteiger charge is 2.44. The molecule has 4 heteroatoms. The zero-order valence-corrected chi connectivity index (χ0v) is 8.65. The predicted octanol–water partition coefficient (Wildman–Crippen LogP) is 1.58. The lowest BCUT2D eigenvalue weighted by Gasteiger charge is -2.28. The largest absolute Gasteiger partial charge is 0.481 e. The smallest absolute Gasteiger partial charge is 0.310 e. The van der Waals surface area contributed by atoms with Crippen LogP contribution in [0.2, 0.25) is 0 Å². The van der Waals surface area contributed by atoms with Crippen molar-refractivity contribution < 1.29 is 19.4 Å². The Morgan fingerprint density at radius 1 is 1.27 bits per heavy atom. The minimum atomic E-state index is -0.892. The van der Waals surface area contributed by atoms with Gasteiger partial charge in [0.25, 0.3) is 0 Å². The van der Waals surface area contributed by atoms with Crippen molar-refractivity contribution in [3.05, 3.63) is 0 Å². The molecule has 0 aromatic heterocycles. The summed E-state index contributed by atoms with van der Waals surface area (Å²) in [7, 11) is 0. The van der Waals surface area contributed by atoms with Gasteiger partial charge in [0, 0.05) is 0 Å². The third-order valence-electron chi connectivity index (χ3n) is 3.48. The van der Waals surface area contributed by atoms with Crippen molar-refractivity contribution in [2.24, 2.45) is 11.8 Å². The van der Waals surface area contributed by atoms with E-state index in [0.29, 0.717) is 0 Å². The van der Waals surface area contributed by atoms with E-state index in [1.54, 1.807) is 0 Å². The number of ether oxygens (including phenoxy) is 1. The van der Waals surface area contributed by atoms with Crippen LogP contribution in [0.15, 0.2) is 0 Å². The quantitative estimate of drug-likeness (QED) is 0.706. The molecule has 0 aromatic rings. The number of carbonyl (C=O) groups excluding carboxylic acids is 1. The number of cyclic esters (lactones) is 1. The normalized spacial score (nSPS) is 32.7. The Morgan fingerprint density at radius 3 is 2.53 bits per heavy atom. The summed E-state index contributed by atoms with van der Waals surface area (Å²) in [6, 6.07) is 0. The molecule has 84 valence electrons. The lowest BCUT2D eigenvalue weighted by Crippen LogP contribution is -2.32. The maximum atomic E-state index is 11.1. The second-order valence-electron chi connectivity index (χ2n) is 4.50. The summed E-state index contributed by atoms with van der Waals surface area (Å²) in [5.41, 5.74) is 0. The van der Waals surface area contributed by atoms with Gasteiger partial charge >= 0.3 is 11.9 Å². The van der Waals surface area contributed by atoms with Crippen LogP contribution in [-0.2, 0) is 14.3 Å². The summed E-state index contributed by atoms with van der Waals surface area (Å²) in [6.07, 6.45) is 5.17. The summed E-state index contributed by atoms with van der Waals surface area (Å²) < 4.78 is 5.15. The van der Waals surface area contributed by atoms with Gasteiger partial charge in [-0.25, -0.2) is 0 Å². The van der Waals surface area contributed by atoms with Crippen LogP contribution in [-0.4, -0.2) is 23.1 Å². The van der Waals surface area contributed by atoms with Crippen LogP contribution < -0.4 is 0 Å². The zero-order valence-electron chi connectivity index (χ0n) is 8.65. The highest BCUT2D eigenvalue weighted by Crippen LogP contribution is 2.36. The zero-order chi connectivity index (χ0) is 10.8. The Balaban J connectivity index is 2.05. The number of hydrogen-bond donors (Lipinski definition) is 1. The van der Waals surface area contributed by atoms with Gasteiger partial charge in [-0.1, -0.05) is 19.3 Å². The van der Waals surface area contributed by atoms with E-state index < -0.39 is 11.9 Å². The average Bonchev–Trinajstić information content (AvgIpc) is 2.62. The van der Waals surface area contributed by atoms with Gasteiger partial charge in [0.2, 0.25) is 0 Å². The number of carboxylic acid groups (broad SMARTS) is 1. The Hall–Kier alpha value is -1.06.